The fourth-order valence-electron chi connectivity index (χ4n) is 2.97. The summed E-state index contributed by atoms with van der Waals surface area (Å²) in [5.74, 6) is 0.171. The van der Waals surface area contributed by atoms with E-state index in [0.717, 1.165) is 18.4 Å². The van der Waals surface area contributed by atoms with Gasteiger partial charge in [0.05, 0.1) is 11.3 Å². The Hall–Kier alpha value is -3.70. The third-order valence-corrected chi connectivity index (χ3v) is 4.21. The van der Waals surface area contributed by atoms with Gasteiger partial charge >= 0.3 is 0 Å². The molecule has 0 atom stereocenters. The number of rotatable bonds is 5. The van der Waals surface area contributed by atoms with Crippen molar-refractivity contribution in [2.75, 3.05) is 5.73 Å². The van der Waals surface area contributed by atoms with Gasteiger partial charge < -0.3 is 5.73 Å². The molecule has 2 N–H and O–H groups in total. The highest BCUT2D eigenvalue weighted by Gasteiger charge is 2.19. The fraction of sp³-hybridized carbons (Fsp3) is 0.143. The maximum absolute atomic E-state index is 9.74. The van der Waals surface area contributed by atoms with Crippen molar-refractivity contribution in [2.45, 2.75) is 19.3 Å². The van der Waals surface area contributed by atoms with Gasteiger partial charge in [-0.25, -0.2) is 4.98 Å². The van der Waals surface area contributed by atoms with Gasteiger partial charge in [-0.2, -0.15) is 10.5 Å². The molecule has 0 saturated carbocycles. The van der Waals surface area contributed by atoms with Crippen molar-refractivity contribution in [1.29, 1.82) is 10.5 Å². The van der Waals surface area contributed by atoms with Crippen LogP contribution in [0.5, 0.6) is 0 Å². The lowest BCUT2D eigenvalue weighted by Crippen LogP contribution is -2.07. The van der Waals surface area contributed by atoms with Crippen LogP contribution in [0.3, 0.4) is 0 Å². The van der Waals surface area contributed by atoms with E-state index >= 15 is 0 Å². The summed E-state index contributed by atoms with van der Waals surface area (Å²) in [5, 5.41) is 19.3. The Balaban J connectivity index is 1.97. The molecule has 0 bridgehead atoms. The standard InChI is InChI=1S/C21H17N5/c22-13-17-19(8-4-5-15-9-11-25-12-10-15)26-21(24)18(14-23)20(17)16-6-2-1-3-7-16/h1-3,6-7,9-12H,4-5,8H2,(H2,24,26). The van der Waals surface area contributed by atoms with Crippen molar-refractivity contribution in [3.63, 3.8) is 0 Å². The number of anilines is 1. The van der Waals surface area contributed by atoms with Crippen LogP contribution in [0.1, 0.15) is 28.8 Å². The molecule has 2 aromatic heterocycles. The SMILES string of the molecule is N#Cc1c(N)nc(CCCc2ccncc2)c(C#N)c1-c1ccccc1. The Morgan fingerprint density at radius 2 is 1.58 bits per heavy atom. The van der Waals surface area contributed by atoms with Crippen LogP contribution in [0.25, 0.3) is 11.1 Å². The molecule has 3 rings (SSSR count). The van der Waals surface area contributed by atoms with E-state index in [0.29, 0.717) is 23.2 Å². The molecule has 0 saturated heterocycles. The minimum Gasteiger partial charge on any atom is -0.383 e. The molecule has 0 fully saturated rings. The van der Waals surface area contributed by atoms with Gasteiger partial charge in [-0.05, 0) is 42.5 Å². The van der Waals surface area contributed by atoms with E-state index in [9.17, 15) is 10.5 Å². The molecular formula is C21H17N5. The van der Waals surface area contributed by atoms with Crippen molar-refractivity contribution in [3.05, 3.63) is 77.2 Å². The van der Waals surface area contributed by atoms with E-state index in [-0.39, 0.29) is 11.4 Å². The second kappa shape index (κ2) is 7.92. The minimum atomic E-state index is 0.171. The van der Waals surface area contributed by atoms with Crippen LogP contribution in [0.4, 0.5) is 5.82 Å². The minimum absolute atomic E-state index is 0.171. The molecule has 0 radical (unpaired) electrons. The molecule has 3 aromatic rings. The Labute approximate surface area is 152 Å². The Bertz CT molecular complexity index is 983. The third-order valence-electron chi connectivity index (χ3n) is 4.21. The van der Waals surface area contributed by atoms with Gasteiger partial charge in [-0.1, -0.05) is 30.3 Å². The van der Waals surface area contributed by atoms with Gasteiger partial charge in [0.25, 0.3) is 0 Å². The van der Waals surface area contributed by atoms with Crippen molar-refractivity contribution in [2.24, 2.45) is 0 Å². The molecule has 0 amide bonds. The van der Waals surface area contributed by atoms with E-state index in [4.69, 9.17) is 5.73 Å². The zero-order valence-corrected chi connectivity index (χ0v) is 14.2. The molecule has 0 spiro atoms. The number of nitrogens with two attached hydrogens (primary N) is 1. The number of aryl methyl sites for hydroxylation is 2. The second-order valence-corrected chi connectivity index (χ2v) is 5.87. The molecule has 126 valence electrons. The van der Waals surface area contributed by atoms with Crippen molar-refractivity contribution < 1.29 is 0 Å². The van der Waals surface area contributed by atoms with E-state index in [1.807, 2.05) is 42.5 Å². The van der Waals surface area contributed by atoms with Gasteiger partial charge in [-0.3, -0.25) is 4.98 Å². The Morgan fingerprint density at radius 1 is 0.885 bits per heavy atom. The number of hydrogen-bond acceptors (Lipinski definition) is 5. The van der Waals surface area contributed by atoms with Crippen LogP contribution >= 0.6 is 0 Å². The first-order chi connectivity index (χ1) is 12.7. The highest BCUT2D eigenvalue weighted by molar-refractivity contribution is 5.81. The lowest BCUT2D eigenvalue weighted by molar-refractivity contribution is 0.797. The second-order valence-electron chi connectivity index (χ2n) is 5.87. The lowest BCUT2D eigenvalue weighted by atomic mass is 9.93. The summed E-state index contributed by atoms with van der Waals surface area (Å²) >= 11 is 0. The monoisotopic (exact) mass is 339 g/mol. The van der Waals surface area contributed by atoms with Gasteiger partial charge in [0.2, 0.25) is 0 Å². The van der Waals surface area contributed by atoms with Gasteiger partial charge in [-0.15, -0.1) is 0 Å². The molecule has 26 heavy (non-hydrogen) atoms. The van der Waals surface area contributed by atoms with Gasteiger partial charge in [0, 0.05) is 18.0 Å². The first-order valence-electron chi connectivity index (χ1n) is 8.31. The summed E-state index contributed by atoms with van der Waals surface area (Å²) in [5.41, 5.74) is 9.90. The summed E-state index contributed by atoms with van der Waals surface area (Å²) in [6.07, 6.45) is 5.82. The topological polar surface area (TPSA) is 99.4 Å². The van der Waals surface area contributed by atoms with Crippen LogP contribution in [-0.4, -0.2) is 9.97 Å². The van der Waals surface area contributed by atoms with Crippen LogP contribution in [0.2, 0.25) is 0 Å². The summed E-state index contributed by atoms with van der Waals surface area (Å²) in [6.45, 7) is 0. The maximum Gasteiger partial charge on any atom is 0.142 e. The van der Waals surface area contributed by atoms with Gasteiger partial charge in [0.15, 0.2) is 0 Å². The van der Waals surface area contributed by atoms with Crippen LogP contribution in [0.15, 0.2) is 54.9 Å². The number of pyridine rings is 2. The van der Waals surface area contributed by atoms with Crippen molar-refractivity contribution in [1.82, 2.24) is 9.97 Å². The van der Waals surface area contributed by atoms with Crippen LogP contribution in [-0.2, 0) is 12.8 Å². The van der Waals surface area contributed by atoms with Crippen molar-refractivity contribution in [3.8, 4) is 23.3 Å². The number of nitriles is 2. The predicted molar refractivity (Wildman–Crippen MR) is 99.8 cm³/mol. The van der Waals surface area contributed by atoms with E-state index in [1.165, 1.54) is 5.56 Å². The summed E-state index contributed by atoms with van der Waals surface area (Å²) in [7, 11) is 0. The number of benzene rings is 1. The normalized spacial score (nSPS) is 10.1. The summed E-state index contributed by atoms with van der Waals surface area (Å²) < 4.78 is 0. The Kier molecular flexibility index (Phi) is 5.22. The molecule has 0 aliphatic carbocycles. The first-order valence-corrected chi connectivity index (χ1v) is 8.31. The zero-order chi connectivity index (χ0) is 18.4. The molecule has 0 unspecified atom stereocenters. The third kappa shape index (κ3) is 3.53. The highest BCUT2D eigenvalue weighted by atomic mass is 14.9. The number of nitrogen functional groups attached to an aromatic ring is 1. The van der Waals surface area contributed by atoms with Gasteiger partial charge in [0.1, 0.15) is 23.5 Å². The largest absolute Gasteiger partial charge is 0.383 e. The lowest BCUT2D eigenvalue weighted by Gasteiger charge is -2.13. The number of nitrogens with zero attached hydrogens (tertiary/aromatic N) is 4. The molecule has 1 aromatic carbocycles. The van der Waals surface area contributed by atoms with Crippen LogP contribution in [0, 0.1) is 22.7 Å². The summed E-state index contributed by atoms with van der Waals surface area (Å²) in [4.78, 5) is 8.36. The van der Waals surface area contributed by atoms with E-state index in [1.54, 1.807) is 12.4 Å². The molecular weight excluding hydrogens is 322 g/mol. The maximum atomic E-state index is 9.74. The summed E-state index contributed by atoms with van der Waals surface area (Å²) in [6, 6.07) is 17.7. The quantitative estimate of drug-likeness (QED) is 0.765. The Morgan fingerprint density at radius 3 is 2.23 bits per heavy atom. The number of aromatic nitrogens is 2. The van der Waals surface area contributed by atoms with E-state index in [2.05, 4.69) is 22.1 Å². The predicted octanol–water partition coefficient (Wildman–Crippen LogP) is 3.64. The molecule has 2 heterocycles. The highest BCUT2D eigenvalue weighted by Crippen LogP contribution is 2.32. The smallest absolute Gasteiger partial charge is 0.142 e. The molecule has 0 aliphatic rings. The van der Waals surface area contributed by atoms with Crippen LogP contribution < -0.4 is 5.73 Å². The zero-order valence-electron chi connectivity index (χ0n) is 14.2. The van der Waals surface area contributed by atoms with E-state index < -0.39 is 0 Å². The molecule has 5 nitrogen and oxygen atoms in total. The molecule has 5 heteroatoms. The fourth-order valence-corrected chi connectivity index (χ4v) is 2.97. The number of hydrogen-bond donors (Lipinski definition) is 1. The average molecular weight is 339 g/mol. The average Bonchev–Trinajstić information content (AvgIpc) is 2.69. The molecule has 0 aliphatic heterocycles. The van der Waals surface area contributed by atoms with Crippen molar-refractivity contribution >= 4 is 5.82 Å². The first kappa shape index (κ1) is 17.1.